The molecule has 6 heteroatoms. The van der Waals surface area contributed by atoms with Crippen molar-refractivity contribution < 1.29 is 0 Å². The summed E-state index contributed by atoms with van der Waals surface area (Å²) < 4.78 is 0. The lowest BCUT2D eigenvalue weighted by molar-refractivity contribution is 0.974. The lowest BCUT2D eigenvalue weighted by Crippen LogP contribution is -1.91. The highest BCUT2D eigenvalue weighted by molar-refractivity contribution is 7.99. The molecule has 3 aromatic heterocycles. The quantitative estimate of drug-likeness (QED) is 0.709. The van der Waals surface area contributed by atoms with Crippen LogP contribution in [-0.2, 0) is 6.42 Å². The number of nitrogens with one attached hydrogen (secondary N) is 2. The number of rotatable bonds is 3. The van der Waals surface area contributed by atoms with E-state index in [-0.39, 0.29) is 0 Å². The molecule has 3 heterocycles. The zero-order chi connectivity index (χ0) is 12.5. The SMILES string of the molecule is CCc1cnc(Sc2nc(C)nc3[nH]ccc23)[nH]1. The van der Waals surface area contributed by atoms with E-state index in [0.29, 0.717) is 0 Å². The van der Waals surface area contributed by atoms with Crippen LogP contribution in [0, 0.1) is 6.92 Å². The van der Waals surface area contributed by atoms with Crippen LogP contribution in [0.3, 0.4) is 0 Å². The number of aryl methyl sites for hydroxylation is 2. The second-order valence-corrected chi connectivity index (χ2v) is 4.96. The van der Waals surface area contributed by atoms with Crippen molar-refractivity contribution in [1.82, 2.24) is 24.9 Å². The first kappa shape index (κ1) is 11.3. The summed E-state index contributed by atoms with van der Waals surface area (Å²) in [6, 6.07) is 1.99. The largest absolute Gasteiger partial charge is 0.346 e. The maximum atomic E-state index is 4.48. The van der Waals surface area contributed by atoms with Crippen molar-refractivity contribution in [2.24, 2.45) is 0 Å². The number of nitrogens with zero attached hydrogens (tertiary/aromatic N) is 3. The van der Waals surface area contributed by atoms with E-state index in [4.69, 9.17) is 0 Å². The van der Waals surface area contributed by atoms with Crippen LogP contribution < -0.4 is 0 Å². The van der Waals surface area contributed by atoms with Gasteiger partial charge in [0.2, 0.25) is 0 Å². The summed E-state index contributed by atoms with van der Waals surface area (Å²) >= 11 is 1.53. The van der Waals surface area contributed by atoms with Crippen LogP contribution >= 0.6 is 11.8 Å². The van der Waals surface area contributed by atoms with Gasteiger partial charge in [0.05, 0.1) is 5.39 Å². The Bertz CT molecular complexity index is 685. The van der Waals surface area contributed by atoms with Crippen LogP contribution in [0.2, 0.25) is 0 Å². The average molecular weight is 259 g/mol. The van der Waals surface area contributed by atoms with Crippen LogP contribution in [0.4, 0.5) is 0 Å². The Morgan fingerprint density at radius 1 is 1.33 bits per heavy atom. The maximum Gasteiger partial charge on any atom is 0.171 e. The molecule has 0 unspecified atom stereocenters. The van der Waals surface area contributed by atoms with Crippen LogP contribution in [-0.4, -0.2) is 24.9 Å². The van der Waals surface area contributed by atoms with Gasteiger partial charge in [0, 0.05) is 18.1 Å². The van der Waals surface area contributed by atoms with Gasteiger partial charge in [-0.25, -0.2) is 15.0 Å². The van der Waals surface area contributed by atoms with Gasteiger partial charge >= 0.3 is 0 Å². The van der Waals surface area contributed by atoms with Crippen molar-refractivity contribution in [3.8, 4) is 0 Å². The second kappa shape index (κ2) is 4.45. The van der Waals surface area contributed by atoms with Crippen molar-refractivity contribution in [2.45, 2.75) is 30.5 Å². The van der Waals surface area contributed by atoms with E-state index in [9.17, 15) is 0 Å². The highest BCUT2D eigenvalue weighted by Crippen LogP contribution is 2.29. The van der Waals surface area contributed by atoms with Crippen molar-refractivity contribution in [3.05, 3.63) is 30.0 Å². The fraction of sp³-hybridized carbons (Fsp3) is 0.250. The van der Waals surface area contributed by atoms with Crippen LogP contribution in [0.15, 0.2) is 28.6 Å². The topological polar surface area (TPSA) is 70.2 Å². The van der Waals surface area contributed by atoms with Crippen molar-refractivity contribution in [3.63, 3.8) is 0 Å². The van der Waals surface area contributed by atoms with E-state index in [0.717, 1.165) is 39.2 Å². The summed E-state index contributed by atoms with van der Waals surface area (Å²) in [4.78, 5) is 19.5. The maximum absolute atomic E-state index is 4.48. The first-order valence-corrected chi connectivity index (χ1v) is 6.61. The van der Waals surface area contributed by atoms with Crippen molar-refractivity contribution in [1.29, 1.82) is 0 Å². The molecule has 3 rings (SSSR count). The summed E-state index contributed by atoms with van der Waals surface area (Å²) in [5, 5.41) is 2.82. The minimum atomic E-state index is 0.759. The molecule has 0 bridgehead atoms. The van der Waals surface area contributed by atoms with Gasteiger partial charge in [0.15, 0.2) is 5.16 Å². The first-order chi connectivity index (χ1) is 8.76. The molecule has 0 aliphatic carbocycles. The number of aromatic nitrogens is 5. The van der Waals surface area contributed by atoms with Crippen LogP contribution in [0.1, 0.15) is 18.4 Å². The predicted molar refractivity (Wildman–Crippen MR) is 70.7 cm³/mol. The summed E-state index contributed by atoms with van der Waals surface area (Å²) in [5.41, 5.74) is 2.00. The minimum absolute atomic E-state index is 0.759. The van der Waals surface area contributed by atoms with E-state index in [1.54, 1.807) is 0 Å². The van der Waals surface area contributed by atoms with E-state index >= 15 is 0 Å². The lowest BCUT2D eigenvalue weighted by atomic mass is 10.4. The minimum Gasteiger partial charge on any atom is -0.346 e. The summed E-state index contributed by atoms with van der Waals surface area (Å²) in [7, 11) is 0. The Kier molecular flexibility index (Phi) is 2.79. The molecular weight excluding hydrogens is 246 g/mol. The molecule has 3 aromatic rings. The third-order valence-electron chi connectivity index (χ3n) is 2.67. The number of aromatic amines is 2. The van der Waals surface area contributed by atoms with E-state index in [2.05, 4.69) is 31.8 Å². The smallest absolute Gasteiger partial charge is 0.171 e. The number of hydrogen-bond donors (Lipinski definition) is 2. The molecule has 0 atom stereocenters. The molecule has 0 fully saturated rings. The molecule has 0 spiro atoms. The number of hydrogen-bond acceptors (Lipinski definition) is 4. The first-order valence-electron chi connectivity index (χ1n) is 5.79. The Morgan fingerprint density at radius 2 is 2.22 bits per heavy atom. The molecule has 0 amide bonds. The molecule has 0 aromatic carbocycles. The Balaban J connectivity index is 2.00. The Labute approximate surface area is 108 Å². The molecule has 92 valence electrons. The van der Waals surface area contributed by atoms with Gasteiger partial charge in [-0.1, -0.05) is 6.92 Å². The van der Waals surface area contributed by atoms with E-state index in [1.165, 1.54) is 11.8 Å². The monoisotopic (exact) mass is 259 g/mol. The number of imidazole rings is 1. The highest BCUT2D eigenvalue weighted by Gasteiger charge is 2.10. The summed E-state index contributed by atoms with van der Waals surface area (Å²) in [6.45, 7) is 3.99. The van der Waals surface area contributed by atoms with Crippen molar-refractivity contribution in [2.75, 3.05) is 0 Å². The molecule has 18 heavy (non-hydrogen) atoms. The van der Waals surface area contributed by atoms with E-state index < -0.39 is 0 Å². The lowest BCUT2D eigenvalue weighted by Gasteiger charge is -2.01. The van der Waals surface area contributed by atoms with Crippen LogP contribution in [0.5, 0.6) is 0 Å². The molecular formula is C12H13N5S. The van der Waals surface area contributed by atoms with Crippen molar-refractivity contribution >= 4 is 22.8 Å². The third kappa shape index (κ3) is 1.99. The molecule has 0 saturated carbocycles. The molecule has 0 radical (unpaired) electrons. The van der Waals surface area contributed by atoms with Gasteiger partial charge in [0.1, 0.15) is 16.5 Å². The highest BCUT2D eigenvalue weighted by atomic mass is 32.2. The fourth-order valence-corrected chi connectivity index (χ4v) is 2.68. The molecule has 5 nitrogen and oxygen atoms in total. The number of H-pyrrole nitrogens is 2. The van der Waals surface area contributed by atoms with Gasteiger partial charge in [-0.3, -0.25) is 0 Å². The normalized spacial score (nSPS) is 11.2. The van der Waals surface area contributed by atoms with Gasteiger partial charge in [-0.2, -0.15) is 0 Å². The Morgan fingerprint density at radius 3 is 3.00 bits per heavy atom. The fourth-order valence-electron chi connectivity index (χ4n) is 1.76. The summed E-state index contributed by atoms with van der Waals surface area (Å²) in [6.07, 6.45) is 4.70. The second-order valence-electron chi connectivity index (χ2n) is 3.99. The third-order valence-corrected chi connectivity index (χ3v) is 3.58. The summed E-state index contributed by atoms with van der Waals surface area (Å²) in [5.74, 6) is 0.759. The van der Waals surface area contributed by atoms with Gasteiger partial charge in [-0.15, -0.1) is 0 Å². The standard InChI is InChI=1S/C12H13N5S/c1-3-8-6-14-12(17-8)18-11-9-4-5-13-10(9)15-7(2)16-11/h4-6H,3H2,1-2H3,(H,14,17)(H,13,15,16). The zero-order valence-electron chi connectivity index (χ0n) is 10.2. The Hall–Kier alpha value is -1.82. The molecule has 0 aliphatic heterocycles. The van der Waals surface area contributed by atoms with E-state index in [1.807, 2.05) is 25.4 Å². The molecule has 2 N–H and O–H groups in total. The van der Waals surface area contributed by atoms with Gasteiger partial charge in [0.25, 0.3) is 0 Å². The van der Waals surface area contributed by atoms with Gasteiger partial charge < -0.3 is 9.97 Å². The molecule has 0 aliphatic rings. The van der Waals surface area contributed by atoms with Gasteiger partial charge in [-0.05, 0) is 31.2 Å². The number of fused-ring (bicyclic) bond motifs is 1. The van der Waals surface area contributed by atoms with Crippen LogP contribution in [0.25, 0.3) is 11.0 Å². The predicted octanol–water partition coefficient (Wildman–Crippen LogP) is 2.70. The zero-order valence-corrected chi connectivity index (χ0v) is 11.0. The average Bonchev–Trinajstić information content (AvgIpc) is 2.97. The molecule has 0 saturated heterocycles.